The highest BCUT2D eigenvalue weighted by molar-refractivity contribution is 5.83. The predicted octanol–water partition coefficient (Wildman–Crippen LogP) is 4.47. The third kappa shape index (κ3) is 2.63. The highest BCUT2D eigenvalue weighted by atomic mass is 14.5. The van der Waals surface area contributed by atoms with Crippen molar-refractivity contribution in [2.24, 2.45) is 0 Å². The summed E-state index contributed by atoms with van der Waals surface area (Å²) in [5.41, 5.74) is 11.7. The first-order valence-corrected chi connectivity index (χ1v) is 6.73. The monoisotopic (exact) mass is 270 g/mol. The topological polar surface area (TPSA) is 49.8 Å². The van der Waals surface area contributed by atoms with Crippen molar-refractivity contribution in [1.29, 1.82) is 5.26 Å². The second-order valence-corrected chi connectivity index (χ2v) is 4.86. The van der Waals surface area contributed by atoms with Gasteiger partial charge >= 0.3 is 0 Å². The molecule has 2 heteroatoms. The van der Waals surface area contributed by atoms with Crippen LogP contribution in [0.25, 0.3) is 22.3 Å². The Labute approximate surface area is 124 Å². The second-order valence-electron chi connectivity index (χ2n) is 4.86. The highest BCUT2D eigenvalue weighted by Gasteiger charge is 2.06. The summed E-state index contributed by atoms with van der Waals surface area (Å²) in [5, 5.41) is 8.90. The quantitative estimate of drug-likeness (QED) is 0.698. The minimum absolute atomic E-state index is 0.670. The highest BCUT2D eigenvalue weighted by Crippen LogP contribution is 2.32. The molecule has 0 aliphatic heterocycles. The number of hydrogen-bond donors (Lipinski definition) is 1. The average molecular weight is 270 g/mol. The zero-order chi connectivity index (χ0) is 14.7. The van der Waals surface area contributed by atoms with Gasteiger partial charge in [-0.15, -0.1) is 0 Å². The van der Waals surface area contributed by atoms with Gasteiger partial charge in [0.1, 0.15) is 0 Å². The van der Waals surface area contributed by atoms with E-state index in [-0.39, 0.29) is 0 Å². The molecule has 0 radical (unpaired) electrons. The van der Waals surface area contributed by atoms with Crippen LogP contribution in [0.15, 0.2) is 72.8 Å². The van der Waals surface area contributed by atoms with Crippen LogP contribution >= 0.6 is 0 Å². The Morgan fingerprint density at radius 3 is 1.62 bits per heavy atom. The van der Waals surface area contributed by atoms with Crippen molar-refractivity contribution < 1.29 is 0 Å². The summed E-state index contributed by atoms with van der Waals surface area (Å²) < 4.78 is 0. The van der Waals surface area contributed by atoms with Gasteiger partial charge < -0.3 is 5.73 Å². The van der Waals surface area contributed by atoms with Crippen LogP contribution in [0.3, 0.4) is 0 Å². The molecule has 3 aromatic rings. The lowest BCUT2D eigenvalue weighted by atomic mass is 9.94. The molecule has 0 amide bonds. The van der Waals surface area contributed by atoms with Gasteiger partial charge in [0, 0.05) is 5.69 Å². The molecular weight excluding hydrogens is 256 g/mol. The average Bonchev–Trinajstić information content (AvgIpc) is 2.56. The maximum atomic E-state index is 8.90. The Balaban J connectivity index is 2.11. The summed E-state index contributed by atoms with van der Waals surface area (Å²) in [4.78, 5) is 0. The Morgan fingerprint density at radius 2 is 1.14 bits per heavy atom. The van der Waals surface area contributed by atoms with E-state index in [9.17, 15) is 0 Å². The van der Waals surface area contributed by atoms with Gasteiger partial charge in [-0.1, -0.05) is 48.5 Å². The minimum atomic E-state index is 0.670. The van der Waals surface area contributed by atoms with Crippen molar-refractivity contribution in [1.82, 2.24) is 0 Å². The first kappa shape index (κ1) is 13.0. The molecule has 21 heavy (non-hydrogen) atoms. The van der Waals surface area contributed by atoms with Crippen molar-refractivity contribution in [3.63, 3.8) is 0 Å². The van der Waals surface area contributed by atoms with Gasteiger partial charge in [-0.25, -0.2) is 0 Å². The molecule has 2 N–H and O–H groups in total. The lowest BCUT2D eigenvalue weighted by Crippen LogP contribution is -1.87. The molecule has 0 atom stereocenters. The molecule has 3 rings (SSSR count). The fourth-order valence-corrected chi connectivity index (χ4v) is 2.37. The summed E-state index contributed by atoms with van der Waals surface area (Å²) in [7, 11) is 0. The normalized spacial score (nSPS) is 10.0. The van der Waals surface area contributed by atoms with Crippen molar-refractivity contribution in [3.8, 4) is 28.3 Å². The van der Waals surface area contributed by atoms with Crippen LogP contribution in [0.2, 0.25) is 0 Å². The number of nitrogens with zero attached hydrogens (tertiary/aromatic N) is 1. The fourth-order valence-electron chi connectivity index (χ4n) is 2.37. The molecule has 0 saturated carbocycles. The van der Waals surface area contributed by atoms with Gasteiger partial charge in [-0.3, -0.25) is 0 Å². The van der Waals surface area contributed by atoms with E-state index < -0.39 is 0 Å². The van der Waals surface area contributed by atoms with Crippen LogP contribution < -0.4 is 5.73 Å². The molecule has 0 aliphatic carbocycles. The van der Waals surface area contributed by atoms with E-state index in [0.717, 1.165) is 27.9 Å². The summed E-state index contributed by atoms with van der Waals surface area (Å²) >= 11 is 0. The Kier molecular flexibility index (Phi) is 3.41. The molecule has 0 fully saturated rings. The van der Waals surface area contributed by atoms with Gasteiger partial charge in [0.25, 0.3) is 0 Å². The van der Waals surface area contributed by atoms with E-state index in [4.69, 9.17) is 11.0 Å². The first-order chi connectivity index (χ1) is 10.3. The number of anilines is 1. The van der Waals surface area contributed by atoms with Gasteiger partial charge in [0.15, 0.2) is 0 Å². The molecule has 2 nitrogen and oxygen atoms in total. The second kappa shape index (κ2) is 5.52. The number of rotatable bonds is 2. The lowest BCUT2D eigenvalue weighted by Gasteiger charge is -2.10. The minimum Gasteiger partial charge on any atom is -0.399 e. The standard InChI is InChI=1S/C19H14N2/c20-13-14-5-7-15(8-6-14)18-3-1-2-4-19(18)16-9-11-17(21)12-10-16/h1-12H,21H2. The summed E-state index contributed by atoms with van der Waals surface area (Å²) in [6.07, 6.45) is 0. The number of nitriles is 1. The van der Waals surface area contributed by atoms with Crippen molar-refractivity contribution in [3.05, 3.63) is 78.4 Å². The molecular formula is C19H14N2. The third-order valence-corrected chi connectivity index (χ3v) is 3.47. The van der Waals surface area contributed by atoms with Crippen molar-refractivity contribution in [2.45, 2.75) is 0 Å². The number of nitrogens with two attached hydrogens (primary N) is 1. The largest absolute Gasteiger partial charge is 0.399 e. The lowest BCUT2D eigenvalue weighted by molar-refractivity contribution is 1.48. The van der Waals surface area contributed by atoms with Gasteiger partial charge in [0.05, 0.1) is 11.6 Å². The Hall–Kier alpha value is -3.05. The summed E-state index contributed by atoms with van der Waals surface area (Å²) in [5.74, 6) is 0. The molecule has 0 unspecified atom stereocenters. The number of benzene rings is 3. The molecule has 0 heterocycles. The SMILES string of the molecule is N#Cc1ccc(-c2ccccc2-c2ccc(N)cc2)cc1. The fraction of sp³-hybridized carbons (Fsp3) is 0. The molecule has 0 spiro atoms. The zero-order valence-electron chi connectivity index (χ0n) is 11.5. The third-order valence-electron chi connectivity index (χ3n) is 3.47. The zero-order valence-corrected chi connectivity index (χ0v) is 11.5. The molecule has 3 aromatic carbocycles. The van der Waals surface area contributed by atoms with E-state index in [0.29, 0.717) is 5.56 Å². The van der Waals surface area contributed by atoms with Gasteiger partial charge in [0.2, 0.25) is 0 Å². The van der Waals surface area contributed by atoms with Gasteiger partial charge in [-0.05, 0) is 46.5 Å². The summed E-state index contributed by atoms with van der Waals surface area (Å²) in [6, 6.07) is 25.9. The van der Waals surface area contributed by atoms with Crippen LogP contribution in [0.5, 0.6) is 0 Å². The Bertz CT molecular complexity index is 794. The van der Waals surface area contributed by atoms with Crippen LogP contribution in [0, 0.1) is 11.3 Å². The molecule has 0 bridgehead atoms. The summed E-state index contributed by atoms with van der Waals surface area (Å²) in [6.45, 7) is 0. The van der Waals surface area contributed by atoms with Crippen molar-refractivity contribution in [2.75, 3.05) is 5.73 Å². The van der Waals surface area contributed by atoms with E-state index in [2.05, 4.69) is 18.2 Å². The van der Waals surface area contributed by atoms with E-state index >= 15 is 0 Å². The van der Waals surface area contributed by atoms with Crippen LogP contribution in [0.1, 0.15) is 5.56 Å². The Morgan fingerprint density at radius 1 is 0.667 bits per heavy atom. The molecule has 0 aliphatic rings. The number of nitrogen functional groups attached to an aromatic ring is 1. The van der Waals surface area contributed by atoms with E-state index in [1.807, 2.05) is 60.7 Å². The molecule has 100 valence electrons. The maximum absolute atomic E-state index is 8.90. The molecule has 0 saturated heterocycles. The van der Waals surface area contributed by atoms with E-state index in [1.54, 1.807) is 0 Å². The maximum Gasteiger partial charge on any atom is 0.0991 e. The van der Waals surface area contributed by atoms with Crippen LogP contribution in [0.4, 0.5) is 5.69 Å². The van der Waals surface area contributed by atoms with Crippen molar-refractivity contribution >= 4 is 5.69 Å². The van der Waals surface area contributed by atoms with Gasteiger partial charge in [-0.2, -0.15) is 5.26 Å². The first-order valence-electron chi connectivity index (χ1n) is 6.73. The van der Waals surface area contributed by atoms with Crippen LogP contribution in [-0.4, -0.2) is 0 Å². The predicted molar refractivity (Wildman–Crippen MR) is 86.4 cm³/mol. The smallest absolute Gasteiger partial charge is 0.0991 e. The van der Waals surface area contributed by atoms with Crippen LogP contribution in [-0.2, 0) is 0 Å². The molecule has 0 aromatic heterocycles. The number of hydrogen-bond acceptors (Lipinski definition) is 2. The van der Waals surface area contributed by atoms with E-state index in [1.165, 1.54) is 0 Å².